The van der Waals surface area contributed by atoms with Crippen molar-refractivity contribution in [3.05, 3.63) is 35.9 Å². The van der Waals surface area contributed by atoms with Crippen molar-refractivity contribution in [3.8, 4) is 0 Å². The van der Waals surface area contributed by atoms with Crippen molar-refractivity contribution in [2.24, 2.45) is 4.40 Å². The van der Waals surface area contributed by atoms with E-state index in [4.69, 9.17) is 27.9 Å². The lowest BCUT2D eigenvalue weighted by Gasteiger charge is -2.40. The van der Waals surface area contributed by atoms with Gasteiger partial charge in [-0.3, -0.25) is 0 Å². The molecule has 0 spiro atoms. The number of fused-ring (bicyclic) bond motifs is 3. The molecule has 3 aliphatic heterocycles. The number of hydrogen-bond acceptors (Lipinski definition) is 8. The van der Waals surface area contributed by atoms with Gasteiger partial charge in [-0.05, 0) is 33.3 Å². The Balaban J connectivity index is 1.51. The number of benzene rings is 1. The molecule has 0 bridgehead atoms. The lowest BCUT2D eigenvalue weighted by atomic mass is 9.98. The van der Waals surface area contributed by atoms with Crippen LogP contribution in [0.5, 0.6) is 0 Å². The summed E-state index contributed by atoms with van der Waals surface area (Å²) in [5.41, 5.74) is 0.632. The van der Waals surface area contributed by atoms with Crippen LogP contribution in [0, 0.1) is 0 Å². The van der Waals surface area contributed by atoms with Crippen molar-refractivity contribution in [2.45, 2.75) is 63.4 Å². The zero-order valence-corrected chi connectivity index (χ0v) is 17.5. The number of nitrogens with zero attached hydrogens (tertiary/aromatic N) is 1. The quantitative estimate of drug-likeness (QED) is 0.655. The first-order chi connectivity index (χ1) is 13.5. The second kappa shape index (κ2) is 7.09. The van der Waals surface area contributed by atoms with E-state index in [0.717, 1.165) is 0 Å². The van der Waals surface area contributed by atoms with E-state index in [2.05, 4.69) is 4.40 Å². The largest absolute Gasteiger partial charge is 0.381 e. The average molecular weight is 427 g/mol. The first kappa shape index (κ1) is 20.9. The monoisotopic (exact) mass is 427 g/mol. The molecule has 1 unspecified atom stereocenters. The van der Waals surface area contributed by atoms with Crippen LogP contribution >= 0.6 is 0 Å². The average Bonchev–Trinajstić information content (AvgIpc) is 3.11. The van der Waals surface area contributed by atoms with Gasteiger partial charge in [0.1, 0.15) is 24.9 Å². The molecule has 160 valence electrons. The third-order valence-electron chi connectivity index (χ3n) is 4.81. The molecule has 1 aromatic rings. The molecule has 3 aliphatic rings. The zero-order valence-electron chi connectivity index (χ0n) is 16.7. The summed E-state index contributed by atoms with van der Waals surface area (Å²) in [6.45, 7) is 6.76. The van der Waals surface area contributed by atoms with Gasteiger partial charge in [0.05, 0.1) is 6.61 Å². The summed E-state index contributed by atoms with van der Waals surface area (Å²) in [5, 5.41) is 0. The predicted molar refractivity (Wildman–Crippen MR) is 101 cm³/mol. The maximum atomic E-state index is 12.3. The molecule has 9 nitrogen and oxygen atoms in total. The van der Waals surface area contributed by atoms with Crippen LogP contribution in [0.4, 0.5) is 0 Å². The van der Waals surface area contributed by atoms with Crippen LogP contribution < -0.4 is 0 Å². The first-order valence-corrected chi connectivity index (χ1v) is 10.7. The van der Waals surface area contributed by atoms with Crippen LogP contribution in [0.15, 0.2) is 34.7 Å². The zero-order chi connectivity index (χ0) is 20.9. The second-order valence-corrected chi connectivity index (χ2v) is 9.44. The molecule has 0 aromatic heterocycles. The van der Waals surface area contributed by atoms with Crippen LogP contribution in [0.3, 0.4) is 0 Å². The number of hydrogen-bond donors (Lipinski definition) is 0. The number of rotatable bonds is 5. The topological polar surface area (TPSA) is 102 Å². The summed E-state index contributed by atoms with van der Waals surface area (Å²) in [6.07, 6.45) is -0.353. The Labute approximate surface area is 170 Å². The molecule has 4 atom stereocenters. The maximum absolute atomic E-state index is 12.3. The Morgan fingerprint density at radius 3 is 2.55 bits per heavy atom. The molecule has 0 aliphatic carbocycles. The molecule has 0 saturated carbocycles. The predicted octanol–water partition coefficient (Wildman–Crippen LogP) is 1.76. The Bertz CT molecular complexity index is 885. The van der Waals surface area contributed by atoms with Crippen molar-refractivity contribution in [3.63, 3.8) is 0 Å². The summed E-state index contributed by atoms with van der Waals surface area (Å²) in [7, 11) is -4.22. The maximum Gasteiger partial charge on any atom is 0.381 e. The van der Waals surface area contributed by atoms with Gasteiger partial charge in [-0.2, -0.15) is 8.42 Å². The first-order valence-electron chi connectivity index (χ1n) is 9.37. The van der Waals surface area contributed by atoms with E-state index in [1.54, 1.807) is 52.0 Å². The molecule has 10 heteroatoms. The van der Waals surface area contributed by atoms with Crippen molar-refractivity contribution in [1.29, 1.82) is 0 Å². The Morgan fingerprint density at radius 1 is 1.10 bits per heavy atom. The van der Waals surface area contributed by atoms with Crippen molar-refractivity contribution in [1.82, 2.24) is 0 Å². The van der Waals surface area contributed by atoms with Crippen LogP contribution in [-0.2, 0) is 38.2 Å². The summed E-state index contributed by atoms with van der Waals surface area (Å²) < 4.78 is 63.0. The number of ether oxygens (including phenoxy) is 5. The Hall–Kier alpha value is -1.40. The van der Waals surface area contributed by atoms with Gasteiger partial charge in [0.2, 0.25) is 5.79 Å². The van der Waals surface area contributed by atoms with Crippen LogP contribution in [0.1, 0.15) is 33.3 Å². The molecule has 29 heavy (non-hydrogen) atoms. The molecular formula is C19H25NO8S. The van der Waals surface area contributed by atoms with E-state index in [1.807, 2.05) is 6.07 Å². The van der Waals surface area contributed by atoms with E-state index >= 15 is 0 Å². The molecule has 3 heterocycles. The molecule has 0 radical (unpaired) electrons. The Kier molecular flexibility index (Phi) is 5.10. The smallest absolute Gasteiger partial charge is 0.343 e. The van der Waals surface area contributed by atoms with E-state index in [9.17, 15) is 8.42 Å². The van der Waals surface area contributed by atoms with Crippen LogP contribution in [0.2, 0.25) is 0 Å². The van der Waals surface area contributed by atoms with Gasteiger partial charge in [-0.25, -0.2) is 4.18 Å². The van der Waals surface area contributed by atoms with Gasteiger partial charge < -0.3 is 23.7 Å². The van der Waals surface area contributed by atoms with Crippen molar-refractivity contribution >= 4 is 16.5 Å². The van der Waals surface area contributed by atoms with Gasteiger partial charge in [0.25, 0.3) is 0 Å². The van der Waals surface area contributed by atoms with E-state index < -0.39 is 46.5 Å². The fourth-order valence-electron chi connectivity index (χ4n) is 3.80. The highest BCUT2D eigenvalue weighted by Gasteiger charge is 2.65. The normalized spacial score (nSPS) is 35.5. The molecular weight excluding hydrogens is 402 g/mol. The molecule has 3 saturated heterocycles. The fourth-order valence-corrected chi connectivity index (χ4v) is 4.42. The van der Waals surface area contributed by atoms with E-state index in [0.29, 0.717) is 5.56 Å². The summed E-state index contributed by atoms with van der Waals surface area (Å²) in [5.74, 6) is -3.28. The van der Waals surface area contributed by atoms with E-state index in [-0.39, 0.29) is 12.7 Å². The van der Waals surface area contributed by atoms with Gasteiger partial charge in [-0.15, -0.1) is 4.40 Å². The minimum absolute atomic E-state index is 0.153. The van der Waals surface area contributed by atoms with Crippen LogP contribution in [-0.4, -0.2) is 63.5 Å². The minimum Gasteiger partial charge on any atom is -0.343 e. The lowest BCUT2D eigenvalue weighted by molar-refractivity contribution is -0.290. The standard InChI is InChI=1S/C19H25NO8S/c1-17(2)25-14-11-23-19(16(15(14)26-17)27-18(3,4)28-19)12-24-29(21,22)20-10-13-8-6-5-7-9-13/h5-10,14-16H,11-12H2,1-4H3/b20-10+/t14-,15-,16?,19+/m1/s1. The van der Waals surface area contributed by atoms with Gasteiger partial charge in [0.15, 0.2) is 11.6 Å². The molecule has 3 fully saturated rings. The van der Waals surface area contributed by atoms with Crippen LogP contribution in [0.25, 0.3) is 0 Å². The third-order valence-corrected chi connectivity index (χ3v) is 5.59. The molecule has 4 rings (SSSR count). The lowest BCUT2D eigenvalue weighted by Crippen LogP contribution is -2.60. The van der Waals surface area contributed by atoms with Gasteiger partial charge in [-0.1, -0.05) is 30.3 Å². The summed E-state index contributed by atoms with van der Waals surface area (Å²) >= 11 is 0. The summed E-state index contributed by atoms with van der Waals surface area (Å²) in [6, 6.07) is 8.84. The minimum atomic E-state index is -4.22. The highest BCUT2D eigenvalue weighted by molar-refractivity contribution is 7.85. The molecule has 0 amide bonds. The summed E-state index contributed by atoms with van der Waals surface area (Å²) in [4.78, 5) is 0. The molecule has 1 aromatic carbocycles. The van der Waals surface area contributed by atoms with Gasteiger partial charge >= 0.3 is 10.3 Å². The third kappa shape index (κ3) is 4.38. The molecule has 0 N–H and O–H groups in total. The Morgan fingerprint density at radius 2 is 1.83 bits per heavy atom. The SMILES string of the molecule is CC1(C)O[C@@H]2CO[C@@]3(COS(=O)(=O)/N=C/c4ccccc4)OC(C)(C)OC3[C@@H]2O1. The van der Waals surface area contributed by atoms with Crippen molar-refractivity contribution in [2.75, 3.05) is 13.2 Å². The van der Waals surface area contributed by atoms with Gasteiger partial charge in [0, 0.05) is 6.21 Å². The highest BCUT2D eigenvalue weighted by Crippen LogP contribution is 2.47. The second-order valence-electron chi connectivity index (χ2n) is 8.14. The fraction of sp³-hybridized carbons (Fsp3) is 0.632. The highest BCUT2D eigenvalue weighted by atomic mass is 32.2. The van der Waals surface area contributed by atoms with Crippen molar-refractivity contribution < 1.29 is 36.3 Å². The van der Waals surface area contributed by atoms with E-state index in [1.165, 1.54) is 6.21 Å².